The first-order chi connectivity index (χ1) is 9.98. The molecule has 0 fully saturated rings. The van der Waals surface area contributed by atoms with E-state index in [1.807, 2.05) is 13.0 Å². The lowest BCUT2D eigenvalue weighted by atomic mass is 10.1. The lowest BCUT2D eigenvalue weighted by Crippen LogP contribution is -2.19. The highest BCUT2D eigenvalue weighted by Gasteiger charge is 2.12. The summed E-state index contributed by atoms with van der Waals surface area (Å²) >= 11 is 0. The van der Waals surface area contributed by atoms with E-state index in [-0.39, 0.29) is 29.0 Å². The van der Waals surface area contributed by atoms with Crippen LogP contribution in [0.25, 0.3) is 10.9 Å². The molecule has 1 heterocycles. The summed E-state index contributed by atoms with van der Waals surface area (Å²) in [5.41, 5.74) is 0.357. The number of para-hydroxylation sites is 1. The predicted molar refractivity (Wildman–Crippen MR) is 81.9 cm³/mol. The molecule has 0 aliphatic heterocycles. The van der Waals surface area contributed by atoms with Crippen molar-refractivity contribution in [1.29, 1.82) is 5.26 Å². The van der Waals surface area contributed by atoms with Gasteiger partial charge in [0.1, 0.15) is 11.6 Å². The quantitative estimate of drug-likeness (QED) is 0.842. The van der Waals surface area contributed by atoms with Gasteiger partial charge in [0.25, 0.3) is 0 Å². The molecule has 1 aromatic heterocycles. The maximum atomic E-state index is 12.1. The van der Waals surface area contributed by atoms with Crippen LogP contribution < -0.4 is 5.43 Å². The van der Waals surface area contributed by atoms with E-state index in [1.54, 1.807) is 28.8 Å². The normalized spacial score (nSPS) is 11.4. The summed E-state index contributed by atoms with van der Waals surface area (Å²) in [6, 6.07) is 8.78. The fourth-order valence-electron chi connectivity index (χ4n) is 2.26. The highest BCUT2D eigenvalue weighted by atomic mass is 32.2. The molecular formula is C15H16N2O3S. The Hall–Kier alpha value is -2.13. The van der Waals surface area contributed by atoms with Gasteiger partial charge in [-0.05, 0) is 18.6 Å². The first-order valence-corrected chi connectivity index (χ1v) is 8.53. The molecule has 0 aliphatic carbocycles. The molecule has 1 aromatic carbocycles. The Morgan fingerprint density at radius 2 is 1.95 bits per heavy atom. The third-order valence-corrected chi connectivity index (χ3v) is 5.10. The molecule has 0 amide bonds. The molecule has 0 atom stereocenters. The molecule has 0 saturated carbocycles. The maximum Gasteiger partial charge on any atom is 0.207 e. The molecule has 0 unspecified atom stereocenters. The molecule has 0 radical (unpaired) electrons. The molecule has 0 N–H and O–H groups in total. The van der Waals surface area contributed by atoms with Crippen molar-refractivity contribution in [2.75, 3.05) is 11.5 Å². The maximum absolute atomic E-state index is 12.1. The fourth-order valence-corrected chi connectivity index (χ4v) is 3.56. The number of aryl methyl sites for hydroxylation is 1. The van der Waals surface area contributed by atoms with Gasteiger partial charge in [-0.3, -0.25) is 4.79 Å². The predicted octanol–water partition coefficient (Wildman–Crippen LogP) is 1.70. The Labute approximate surface area is 123 Å². The van der Waals surface area contributed by atoms with E-state index in [9.17, 15) is 13.2 Å². The van der Waals surface area contributed by atoms with E-state index in [0.29, 0.717) is 17.3 Å². The van der Waals surface area contributed by atoms with Crippen LogP contribution >= 0.6 is 0 Å². The second-order valence-corrected chi connectivity index (χ2v) is 7.15. The molecule has 110 valence electrons. The van der Waals surface area contributed by atoms with Crippen LogP contribution in [0.5, 0.6) is 0 Å². The Balaban J connectivity index is 2.47. The van der Waals surface area contributed by atoms with Gasteiger partial charge in [-0.15, -0.1) is 0 Å². The molecule has 5 nitrogen and oxygen atoms in total. The lowest BCUT2D eigenvalue weighted by molar-refractivity contribution is 0.588. The molecule has 0 spiro atoms. The molecule has 0 saturated heterocycles. The van der Waals surface area contributed by atoms with E-state index >= 15 is 0 Å². The van der Waals surface area contributed by atoms with Crippen molar-refractivity contribution in [3.05, 3.63) is 46.2 Å². The van der Waals surface area contributed by atoms with Crippen LogP contribution in [0.3, 0.4) is 0 Å². The summed E-state index contributed by atoms with van der Waals surface area (Å²) in [5, 5.41) is 9.47. The minimum atomic E-state index is -3.11. The average molecular weight is 304 g/mol. The number of nitriles is 1. The number of hydrogen-bond donors (Lipinski definition) is 0. The largest absolute Gasteiger partial charge is 0.345 e. The van der Waals surface area contributed by atoms with E-state index < -0.39 is 9.84 Å². The van der Waals surface area contributed by atoms with Crippen molar-refractivity contribution in [2.45, 2.75) is 19.9 Å². The van der Waals surface area contributed by atoms with Gasteiger partial charge < -0.3 is 4.57 Å². The smallest absolute Gasteiger partial charge is 0.207 e. The summed E-state index contributed by atoms with van der Waals surface area (Å²) in [5.74, 6) is 0.148. The van der Waals surface area contributed by atoms with Gasteiger partial charge in [-0.2, -0.15) is 5.26 Å². The second-order valence-electron chi connectivity index (χ2n) is 4.85. The third-order valence-electron chi connectivity index (χ3n) is 3.27. The average Bonchev–Trinajstić information content (AvgIpc) is 2.47. The Kier molecular flexibility index (Phi) is 4.43. The van der Waals surface area contributed by atoms with Crippen molar-refractivity contribution in [1.82, 2.24) is 4.57 Å². The minimum Gasteiger partial charge on any atom is -0.345 e. The van der Waals surface area contributed by atoms with E-state index in [1.165, 1.54) is 6.20 Å². The van der Waals surface area contributed by atoms with Crippen LogP contribution in [0.1, 0.15) is 18.9 Å². The van der Waals surface area contributed by atoms with E-state index in [4.69, 9.17) is 5.26 Å². The summed E-state index contributed by atoms with van der Waals surface area (Å²) in [7, 11) is -3.11. The summed E-state index contributed by atoms with van der Waals surface area (Å²) in [6.07, 6.45) is 2.02. The van der Waals surface area contributed by atoms with Crippen LogP contribution in [-0.2, 0) is 16.4 Å². The summed E-state index contributed by atoms with van der Waals surface area (Å²) in [6.45, 7) is 2.05. The zero-order valence-corrected chi connectivity index (χ0v) is 12.6. The monoisotopic (exact) mass is 304 g/mol. The number of aromatic nitrogens is 1. The van der Waals surface area contributed by atoms with Gasteiger partial charge in [0, 0.05) is 23.9 Å². The van der Waals surface area contributed by atoms with Gasteiger partial charge in [-0.1, -0.05) is 19.1 Å². The first kappa shape index (κ1) is 15.3. The SMILES string of the molecule is CCCS(=O)(=O)CCn1cc(C#N)c(=O)c2ccccc21. The number of sulfone groups is 1. The molecule has 6 heteroatoms. The third kappa shape index (κ3) is 3.31. The van der Waals surface area contributed by atoms with Gasteiger partial charge in [-0.25, -0.2) is 8.42 Å². The Morgan fingerprint density at radius 3 is 2.62 bits per heavy atom. The standard InChI is InChI=1S/C15H16N2O3S/c1-2-8-21(19,20)9-7-17-11-12(10-16)15(18)13-5-3-4-6-14(13)17/h3-6,11H,2,7-9H2,1H3. The number of fused-ring (bicyclic) bond motifs is 1. The van der Waals surface area contributed by atoms with Gasteiger partial charge >= 0.3 is 0 Å². The van der Waals surface area contributed by atoms with Crippen molar-refractivity contribution < 1.29 is 8.42 Å². The van der Waals surface area contributed by atoms with Crippen LogP contribution in [0.2, 0.25) is 0 Å². The minimum absolute atomic E-state index is 0.00142. The molecule has 21 heavy (non-hydrogen) atoms. The first-order valence-electron chi connectivity index (χ1n) is 6.71. The number of benzene rings is 1. The van der Waals surface area contributed by atoms with Crippen molar-refractivity contribution in [2.24, 2.45) is 0 Å². The van der Waals surface area contributed by atoms with Gasteiger partial charge in [0.15, 0.2) is 9.84 Å². The summed E-state index contributed by atoms with van der Waals surface area (Å²) in [4.78, 5) is 12.1. The van der Waals surface area contributed by atoms with Gasteiger partial charge in [0.2, 0.25) is 5.43 Å². The molecule has 2 aromatic rings. The molecule has 2 rings (SSSR count). The van der Waals surface area contributed by atoms with Crippen molar-refractivity contribution in [3.63, 3.8) is 0 Å². The Bertz CT molecular complexity index is 861. The number of rotatable bonds is 5. The molecule has 0 aliphatic rings. The van der Waals surface area contributed by atoms with Crippen molar-refractivity contribution in [3.8, 4) is 6.07 Å². The number of hydrogen-bond acceptors (Lipinski definition) is 4. The topological polar surface area (TPSA) is 79.9 Å². The van der Waals surface area contributed by atoms with Crippen LogP contribution in [0.4, 0.5) is 0 Å². The Morgan fingerprint density at radius 1 is 1.24 bits per heavy atom. The van der Waals surface area contributed by atoms with Crippen LogP contribution in [0.15, 0.2) is 35.3 Å². The molecule has 0 bridgehead atoms. The highest BCUT2D eigenvalue weighted by Crippen LogP contribution is 2.12. The zero-order chi connectivity index (χ0) is 15.5. The zero-order valence-electron chi connectivity index (χ0n) is 11.7. The lowest BCUT2D eigenvalue weighted by Gasteiger charge is -2.11. The second kappa shape index (κ2) is 6.10. The highest BCUT2D eigenvalue weighted by molar-refractivity contribution is 7.91. The van der Waals surface area contributed by atoms with Gasteiger partial charge in [0.05, 0.1) is 11.3 Å². The molecular weight excluding hydrogens is 288 g/mol. The van der Waals surface area contributed by atoms with Crippen LogP contribution in [-0.4, -0.2) is 24.5 Å². The van der Waals surface area contributed by atoms with Crippen LogP contribution in [0, 0.1) is 11.3 Å². The van der Waals surface area contributed by atoms with E-state index in [0.717, 1.165) is 0 Å². The number of pyridine rings is 1. The number of nitrogens with zero attached hydrogens (tertiary/aromatic N) is 2. The van der Waals surface area contributed by atoms with E-state index in [2.05, 4.69) is 0 Å². The fraction of sp³-hybridized carbons (Fsp3) is 0.333. The van der Waals surface area contributed by atoms with Crippen molar-refractivity contribution >= 4 is 20.7 Å². The summed E-state index contributed by atoms with van der Waals surface area (Å²) < 4.78 is 25.3.